The van der Waals surface area contributed by atoms with E-state index in [1.54, 1.807) is 0 Å². The lowest BCUT2D eigenvalue weighted by Gasteiger charge is -2.47. The van der Waals surface area contributed by atoms with Crippen LogP contribution in [0.2, 0.25) is 0 Å². The van der Waals surface area contributed by atoms with E-state index in [0.717, 1.165) is 51.8 Å². The van der Waals surface area contributed by atoms with Gasteiger partial charge in [-0.05, 0) is 13.8 Å². The molecule has 4 heterocycles. The standard InChI is InChI=1S/C17H31F3N6.HI/c1-3-21-16(22-12-15-13-23-4-6-25(15)7-5-23)26-10-8-24(9-11-26)14(2)17(18,19)20;/h14-15H,3-13H2,1-2H3,(H,21,22);1H. The van der Waals surface area contributed by atoms with Crippen LogP contribution in [0, 0.1) is 0 Å². The molecule has 0 spiro atoms. The number of nitrogens with zero attached hydrogens (tertiary/aromatic N) is 5. The molecule has 0 aromatic heterocycles. The first-order chi connectivity index (χ1) is 12.4. The highest BCUT2D eigenvalue weighted by atomic mass is 127. The van der Waals surface area contributed by atoms with Crippen LogP contribution < -0.4 is 5.32 Å². The predicted molar refractivity (Wildman–Crippen MR) is 112 cm³/mol. The molecule has 10 heteroatoms. The average Bonchev–Trinajstić information content (AvgIpc) is 2.65. The van der Waals surface area contributed by atoms with Crippen molar-refractivity contribution < 1.29 is 13.2 Å². The predicted octanol–water partition coefficient (Wildman–Crippen LogP) is 1.14. The Kier molecular flexibility index (Phi) is 8.44. The molecule has 4 rings (SSSR count). The SMILES string of the molecule is CCNC(=NCC1CN2CCN1CC2)N1CCN(C(C)C(F)(F)F)CC1.I. The number of alkyl halides is 3. The van der Waals surface area contributed by atoms with E-state index in [4.69, 9.17) is 4.99 Å². The van der Waals surface area contributed by atoms with Crippen molar-refractivity contribution in [2.45, 2.75) is 32.1 Å². The Balaban J connectivity index is 0.00000261. The number of rotatable bonds is 4. The molecular weight excluding hydrogens is 472 g/mol. The Morgan fingerprint density at radius 1 is 1.07 bits per heavy atom. The highest BCUT2D eigenvalue weighted by Gasteiger charge is 2.41. The number of hydrogen-bond donors (Lipinski definition) is 1. The van der Waals surface area contributed by atoms with E-state index in [1.165, 1.54) is 11.8 Å². The molecule has 158 valence electrons. The summed E-state index contributed by atoms with van der Waals surface area (Å²) in [5.74, 6) is 0.837. The summed E-state index contributed by atoms with van der Waals surface area (Å²) in [4.78, 5) is 13.4. The highest BCUT2D eigenvalue weighted by molar-refractivity contribution is 14.0. The number of fused-ring (bicyclic) bond motifs is 3. The van der Waals surface area contributed by atoms with Crippen molar-refractivity contribution in [3.05, 3.63) is 0 Å². The number of halogens is 4. The van der Waals surface area contributed by atoms with Crippen LogP contribution >= 0.6 is 24.0 Å². The van der Waals surface area contributed by atoms with E-state index < -0.39 is 12.2 Å². The largest absolute Gasteiger partial charge is 0.403 e. The van der Waals surface area contributed by atoms with E-state index in [0.29, 0.717) is 32.2 Å². The Hall–Kier alpha value is -0.330. The lowest BCUT2D eigenvalue weighted by atomic mass is 10.1. The molecule has 0 aromatic rings. The van der Waals surface area contributed by atoms with E-state index in [9.17, 15) is 13.2 Å². The Morgan fingerprint density at radius 3 is 2.19 bits per heavy atom. The van der Waals surface area contributed by atoms with Gasteiger partial charge in [0.05, 0.1) is 6.54 Å². The van der Waals surface area contributed by atoms with Crippen LogP contribution in [-0.4, -0.2) is 116 Å². The third-order valence-electron chi connectivity index (χ3n) is 5.81. The van der Waals surface area contributed by atoms with Gasteiger partial charge in [-0.2, -0.15) is 13.2 Å². The second kappa shape index (κ2) is 9.93. The van der Waals surface area contributed by atoms with Crippen molar-refractivity contribution in [1.29, 1.82) is 0 Å². The van der Waals surface area contributed by atoms with Crippen molar-refractivity contribution in [2.75, 3.05) is 72.0 Å². The fourth-order valence-electron chi connectivity index (χ4n) is 4.04. The third kappa shape index (κ3) is 5.83. The molecule has 27 heavy (non-hydrogen) atoms. The topological polar surface area (TPSA) is 37.4 Å². The highest BCUT2D eigenvalue weighted by Crippen LogP contribution is 2.25. The Labute approximate surface area is 177 Å². The van der Waals surface area contributed by atoms with Gasteiger partial charge >= 0.3 is 6.18 Å². The maximum Gasteiger partial charge on any atom is 0.403 e. The zero-order valence-corrected chi connectivity index (χ0v) is 18.5. The van der Waals surface area contributed by atoms with Gasteiger partial charge in [-0.3, -0.25) is 19.7 Å². The second-order valence-electron chi connectivity index (χ2n) is 7.43. The number of aliphatic imine (C=N–C) groups is 1. The maximum absolute atomic E-state index is 12.9. The van der Waals surface area contributed by atoms with Crippen LogP contribution in [0.25, 0.3) is 0 Å². The zero-order valence-electron chi connectivity index (χ0n) is 16.2. The monoisotopic (exact) mass is 504 g/mol. The smallest absolute Gasteiger partial charge is 0.357 e. The van der Waals surface area contributed by atoms with Crippen LogP contribution in [0.5, 0.6) is 0 Å². The van der Waals surface area contributed by atoms with E-state index >= 15 is 0 Å². The molecule has 4 saturated heterocycles. The molecule has 4 fully saturated rings. The first-order valence-corrected chi connectivity index (χ1v) is 9.69. The second-order valence-corrected chi connectivity index (χ2v) is 7.43. The van der Waals surface area contributed by atoms with Crippen molar-refractivity contribution in [3.8, 4) is 0 Å². The summed E-state index contributed by atoms with van der Waals surface area (Å²) in [6, 6.07) is -0.929. The summed E-state index contributed by atoms with van der Waals surface area (Å²) in [7, 11) is 0. The van der Waals surface area contributed by atoms with Crippen molar-refractivity contribution in [2.24, 2.45) is 4.99 Å². The molecule has 0 saturated carbocycles. The summed E-state index contributed by atoms with van der Waals surface area (Å²) >= 11 is 0. The molecular formula is C17H32F3IN6. The van der Waals surface area contributed by atoms with Crippen LogP contribution in [0.1, 0.15) is 13.8 Å². The molecule has 0 amide bonds. The number of nitrogens with one attached hydrogen (secondary N) is 1. The summed E-state index contributed by atoms with van der Waals surface area (Å²) in [6.45, 7) is 12.4. The van der Waals surface area contributed by atoms with Gasteiger partial charge < -0.3 is 10.2 Å². The van der Waals surface area contributed by atoms with Crippen molar-refractivity contribution in [3.63, 3.8) is 0 Å². The number of piperazine rings is 4. The van der Waals surface area contributed by atoms with Crippen molar-refractivity contribution in [1.82, 2.24) is 24.9 Å². The first kappa shape index (κ1) is 23.0. The van der Waals surface area contributed by atoms with Gasteiger partial charge in [0.2, 0.25) is 0 Å². The summed E-state index contributed by atoms with van der Waals surface area (Å²) < 4.78 is 38.7. The van der Waals surface area contributed by atoms with Crippen LogP contribution in [0.3, 0.4) is 0 Å². The fourth-order valence-corrected chi connectivity index (χ4v) is 4.04. The van der Waals surface area contributed by atoms with Crippen LogP contribution in [0.15, 0.2) is 4.99 Å². The maximum atomic E-state index is 12.9. The Bertz CT molecular complexity index is 488. The van der Waals surface area contributed by atoms with Gasteiger partial charge in [0.1, 0.15) is 6.04 Å². The van der Waals surface area contributed by atoms with Crippen LogP contribution in [0.4, 0.5) is 13.2 Å². The van der Waals surface area contributed by atoms with Crippen LogP contribution in [-0.2, 0) is 0 Å². The first-order valence-electron chi connectivity index (χ1n) is 9.69. The zero-order chi connectivity index (χ0) is 18.7. The summed E-state index contributed by atoms with van der Waals surface area (Å²) in [5, 5.41) is 3.31. The normalized spacial score (nSPS) is 30.8. The van der Waals surface area contributed by atoms with Gasteiger partial charge in [0.25, 0.3) is 0 Å². The van der Waals surface area contributed by atoms with Gasteiger partial charge in [-0.15, -0.1) is 24.0 Å². The average molecular weight is 504 g/mol. The van der Waals surface area contributed by atoms with E-state index in [2.05, 4.69) is 20.0 Å². The van der Waals surface area contributed by atoms with Gasteiger partial charge in [-0.25, -0.2) is 0 Å². The quantitative estimate of drug-likeness (QED) is 0.353. The fraction of sp³-hybridized carbons (Fsp3) is 0.941. The van der Waals surface area contributed by atoms with Crippen molar-refractivity contribution >= 4 is 29.9 Å². The molecule has 0 aliphatic carbocycles. The third-order valence-corrected chi connectivity index (χ3v) is 5.81. The molecule has 4 aliphatic rings. The minimum Gasteiger partial charge on any atom is -0.357 e. The molecule has 2 bridgehead atoms. The molecule has 1 N–H and O–H groups in total. The lowest BCUT2D eigenvalue weighted by molar-refractivity contribution is -0.181. The summed E-state index contributed by atoms with van der Waals surface area (Å²) in [6.07, 6.45) is -4.16. The Morgan fingerprint density at radius 2 is 1.70 bits per heavy atom. The number of guanidine groups is 1. The molecule has 2 unspecified atom stereocenters. The molecule has 2 atom stereocenters. The molecule has 0 radical (unpaired) electrons. The van der Waals surface area contributed by atoms with E-state index in [1.807, 2.05) is 6.92 Å². The van der Waals surface area contributed by atoms with E-state index in [-0.39, 0.29) is 24.0 Å². The molecule has 0 aromatic carbocycles. The van der Waals surface area contributed by atoms with Gasteiger partial charge in [0.15, 0.2) is 5.96 Å². The van der Waals surface area contributed by atoms with Gasteiger partial charge in [0, 0.05) is 71.5 Å². The molecule has 6 nitrogen and oxygen atoms in total. The minimum atomic E-state index is -4.16. The molecule has 4 aliphatic heterocycles. The lowest BCUT2D eigenvalue weighted by Crippen LogP contribution is -2.62. The minimum absolute atomic E-state index is 0. The summed E-state index contributed by atoms with van der Waals surface area (Å²) in [5.41, 5.74) is 0. The number of hydrogen-bond acceptors (Lipinski definition) is 4. The van der Waals surface area contributed by atoms with Gasteiger partial charge in [-0.1, -0.05) is 0 Å².